The van der Waals surface area contributed by atoms with Crippen LogP contribution < -0.4 is 15.8 Å². The van der Waals surface area contributed by atoms with E-state index in [9.17, 15) is 9.59 Å². The van der Waals surface area contributed by atoms with E-state index in [1.54, 1.807) is 23.1 Å². The van der Waals surface area contributed by atoms with E-state index in [0.29, 0.717) is 17.4 Å². The summed E-state index contributed by atoms with van der Waals surface area (Å²) in [6, 6.07) is 15.4. The van der Waals surface area contributed by atoms with E-state index in [0.717, 1.165) is 12.1 Å². The molecule has 1 amide bonds. The first-order chi connectivity index (χ1) is 13.7. The van der Waals surface area contributed by atoms with Gasteiger partial charge >= 0.3 is 0 Å². The minimum atomic E-state index is -0.196. The predicted octanol–water partition coefficient (Wildman–Crippen LogP) is 0.892. The second-order valence-corrected chi connectivity index (χ2v) is 7.37. The molecule has 0 radical (unpaired) electrons. The van der Waals surface area contributed by atoms with Crippen molar-refractivity contribution in [1.82, 2.24) is 14.9 Å². The van der Waals surface area contributed by atoms with Crippen LogP contribution in [0.4, 0.5) is 0 Å². The second kappa shape index (κ2) is 8.35. The monoisotopic (exact) mass is 377 g/mol. The Bertz CT molecular complexity index is 1040. The third kappa shape index (κ3) is 4.12. The highest BCUT2D eigenvalue weighted by atomic mass is 16.2. The Morgan fingerprint density at radius 3 is 2.57 bits per heavy atom. The highest BCUT2D eigenvalue weighted by Crippen LogP contribution is 2.08. The SMILES string of the molecule is O=C(Cn1cnc2ccccc2c1=O)NCc1ccccc1C[NH+]1CCCC1. The zero-order valence-electron chi connectivity index (χ0n) is 15.9. The summed E-state index contributed by atoms with van der Waals surface area (Å²) in [6.07, 6.45) is 4.03. The van der Waals surface area contributed by atoms with Gasteiger partial charge in [0, 0.05) is 24.9 Å². The Kier molecular flexibility index (Phi) is 5.48. The average molecular weight is 377 g/mol. The van der Waals surface area contributed by atoms with E-state index < -0.39 is 0 Å². The van der Waals surface area contributed by atoms with Gasteiger partial charge in [-0.15, -0.1) is 0 Å². The van der Waals surface area contributed by atoms with E-state index >= 15 is 0 Å². The fraction of sp³-hybridized carbons (Fsp3) is 0.318. The van der Waals surface area contributed by atoms with Gasteiger partial charge in [-0.1, -0.05) is 36.4 Å². The van der Waals surface area contributed by atoms with Gasteiger partial charge < -0.3 is 10.2 Å². The number of aromatic nitrogens is 2. The highest BCUT2D eigenvalue weighted by molar-refractivity contribution is 5.78. The Balaban J connectivity index is 1.41. The van der Waals surface area contributed by atoms with E-state index in [-0.39, 0.29) is 18.0 Å². The zero-order chi connectivity index (χ0) is 19.3. The average Bonchev–Trinajstić information content (AvgIpc) is 3.23. The number of para-hydroxylation sites is 1. The molecule has 0 atom stereocenters. The van der Waals surface area contributed by atoms with Gasteiger partial charge in [0.25, 0.3) is 5.56 Å². The summed E-state index contributed by atoms with van der Waals surface area (Å²) in [5.41, 5.74) is 2.87. The summed E-state index contributed by atoms with van der Waals surface area (Å²) >= 11 is 0. The fourth-order valence-corrected chi connectivity index (χ4v) is 3.85. The van der Waals surface area contributed by atoms with Gasteiger partial charge in [0.15, 0.2) is 0 Å². The number of nitrogens with zero attached hydrogens (tertiary/aromatic N) is 2. The van der Waals surface area contributed by atoms with Crippen molar-refractivity contribution in [2.24, 2.45) is 0 Å². The molecule has 144 valence electrons. The molecule has 2 N–H and O–H groups in total. The number of nitrogens with one attached hydrogen (secondary N) is 2. The van der Waals surface area contributed by atoms with Crippen molar-refractivity contribution in [3.63, 3.8) is 0 Å². The molecule has 2 heterocycles. The Hall–Kier alpha value is -2.99. The maximum atomic E-state index is 12.5. The van der Waals surface area contributed by atoms with Crippen LogP contribution >= 0.6 is 0 Å². The number of likely N-dealkylation sites (tertiary alicyclic amines) is 1. The van der Waals surface area contributed by atoms with Crippen LogP contribution in [0.1, 0.15) is 24.0 Å². The van der Waals surface area contributed by atoms with Crippen LogP contribution in [-0.4, -0.2) is 28.5 Å². The van der Waals surface area contributed by atoms with Gasteiger partial charge in [0.1, 0.15) is 13.1 Å². The van der Waals surface area contributed by atoms with E-state index in [2.05, 4.69) is 28.5 Å². The molecule has 0 unspecified atom stereocenters. The molecule has 0 saturated carbocycles. The van der Waals surface area contributed by atoms with Crippen molar-refractivity contribution < 1.29 is 9.69 Å². The summed E-state index contributed by atoms with van der Waals surface area (Å²) in [4.78, 5) is 30.8. The number of rotatable bonds is 6. The second-order valence-electron chi connectivity index (χ2n) is 7.37. The molecular formula is C22H25N4O2+. The van der Waals surface area contributed by atoms with Gasteiger partial charge in [-0.2, -0.15) is 0 Å². The molecule has 1 aliphatic heterocycles. The first-order valence-electron chi connectivity index (χ1n) is 9.82. The summed E-state index contributed by atoms with van der Waals surface area (Å²) in [5.74, 6) is -0.192. The van der Waals surface area contributed by atoms with Gasteiger partial charge in [-0.25, -0.2) is 4.98 Å². The number of fused-ring (bicyclic) bond motifs is 1. The lowest BCUT2D eigenvalue weighted by Crippen LogP contribution is -3.08. The topological polar surface area (TPSA) is 68.4 Å². The van der Waals surface area contributed by atoms with Crippen molar-refractivity contribution in [3.8, 4) is 0 Å². The van der Waals surface area contributed by atoms with Gasteiger partial charge in [0.2, 0.25) is 5.91 Å². The van der Waals surface area contributed by atoms with Crippen molar-refractivity contribution in [2.45, 2.75) is 32.5 Å². The summed E-state index contributed by atoms with van der Waals surface area (Å²) < 4.78 is 1.36. The number of quaternary nitrogens is 1. The van der Waals surface area contributed by atoms with Crippen molar-refractivity contribution in [1.29, 1.82) is 0 Å². The Morgan fingerprint density at radius 1 is 1.04 bits per heavy atom. The van der Waals surface area contributed by atoms with Crippen molar-refractivity contribution in [3.05, 3.63) is 76.3 Å². The van der Waals surface area contributed by atoms with Crippen molar-refractivity contribution in [2.75, 3.05) is 13.1 Å². The Morgan fingerprint density at radius 2 is 1.75 bits per heavy atom. The van der Waals surface area contributed by atoms with Crippen LogP contribution in [0.25, 0.3) is 10.9 Å². The maximum absolute atomic E-state index is 12.5. The lowest BCUT2D eigenvalue weighted by Gasteiger charge is -2.15. The minimum absolute atomic E-state index is 0.0315. The van der Waals surface area contributed by atoms with Crippen LogP contribution in [0.2, 0.25) is 0 Å². The van der Waals surface area contributed by atoms with E-state index in [4.69, 9.17) is 0 Å². The molecule has 1 aliphatic rings. The van der Waals surface area contributed by atoms with Crippen LogP contribution in [-0.2, 0) is 24.4 Å². The van der Waals surface area contributed by atoms with Crippen molar-refractivity contribution >= 4 is 16.8 Å². The van der Waals surface area contributed by atoms with Gasteiger partial charge in [0.05, 0.1) is 30.3 Å². The zero-order valence-corrected chi connectivity index (χ0v) is 15.9. The molecular weight excluding hydrogens is 352 g/mol. The van der Waals surface area contributed by atoms with Crippen LogP contribution in [0.5, 0.6) is 0 Å². The molecule has 1 saturated heterocycles. The molecule has 0 bridgehead atoms. The molecule has 2 aromatic carbocycles. The molecule has 3 aromatic rings. The van der Waals surface area contributed by atoms with Gasteiger partial charge in [-0.05, 0) is 17.7 Å². The lowest BCUT2D eigenvalue weighted by molar-refractivity contribution is -0.901. The number of amides is 1. The molecule has 1 aromatic heterocycles. The molecule has 0 aliphatic carbocycles. The van der Waals surface area contributed by atoms with E-state index in [1.807, 2.05) is 12.1 Å². The first kappa shape index (κ1) is 18.4. The predicted molar refractivity (Wildman–Crippen MR) is 108 cm³/mol. The smallest absolute Gasteiger partial charge is 0.261 e. The normalized spacial score (nSPS) is 14.4. The lowest BCUT2D eigenvalue weighted by atomic mass is 10.1. The summed E-state index contributed by atoms with van der Waals surface area (Å²) in [6.45, 7) is 3.88. The first-order valence-corrected chi connectivity index (χ1v) is 9.82. The van der Waals surface area contributed by atoms with Crippen LogP contribution in [0.15, 0.2) is 59.7 Å². The third-order valence-electron chi connectivity index (χ3n) is 5.39. The molecule has 28 heavy (non-hydrogen) atoms. The molecule has 0 spiro atoms. The molecule has 6 heteroatoms. The summed E-state index contributed by atoms with van der Waals surface area (Å²) in [7, 11) is 0. The number of carbonyl (C=O) groups is 1. The third-order valence-corrected chi connectivity index (χ3v) is 5.39. The van der Waals surface area contributed by atoms with E-state index in [1.165, 1.54) is 42.4 Å². The number of hydrogen-bond acceptors (Lipinski definition) is 3. The minimum Gasteiger partial charge on any atom is -0.350 e. The Labute approximate surface area is 163 Å². The molecule has 6 nitrogen and oxygen atoms in total. The maximum Gasteiger partial charge on any atom is 0.261 e. The standard InChI is InChI=1S/C22H24N4O2/c27-21(15-26-16-24-20-10-4-3-9-19(20)22(26)28)23-13-17-7-1-2-8-18(17)14-25-11-5-6-12-25/h1-4,7-10,16H,5-6,11-15H2,(H,23,27)/p+1. The fourth-order valence-electron chi connectivity index (χ4n) is 3.85. The quantitative estimate of drug-likeness (QED) is 0.671. The number of carbonyl (C=O) groups excluding carboxylic acids is 1. The van der Waals surface area contributed by atoms with Crippen LogP contribution in [0.3, 0.4) is 0 Å². The van der Waals surface area contributed by atoms with Gasteiger partial charge in [-0.3, -0.25) is 14.2 Å². The number of benzene rings is 2. The summed E-state index contributed by atoms with van der Waals surface area (Å²) in [5, 5.41) is 3.48. The largest absolute Gasteiger partial charge is 0.350 e. The number of hydrogen-bond donors (Lipinski definition) is 2. The molecule has 1 fully saturated rings. The van der Waals surface area contributed by atoms with Crippen LogP contribution in [0, 0.1) is 0 Å². The highest BCUT2D eigenvalue weighted by Gasteiger charge is 2.17. The molecule has 4 rings (SSSR count).